The van der Waals surface area contributed by atoms with Crippen molar-refractivity contribution in [3.8, 4) is 0 Å². The highest BCUT2D eigenvalue weighted by Crippen LogP contribution is 2.46. The second-order valence-electron chi connectivity index (χ2n) is 7.93. The number of hydrogen-bond acceptors (Lipinski definition) is 1. The van der Waals surface area contributed by atoms with Crippen molar-refractivity contribution in [2.45, 2.75) is 83.7 Å². The van der Waals surface area contributed by atoms with Gasteiger partial charge in [-0.25, -0.2) is 0 Å². The van der Waals surface area contributed by atoms with Crippen LogP contribution in [0.4, 0.5) is 0 Å². The molecule has 1 N–H and O–H groups in total. The third kappa shape index (κ3) is 3.35. The average Bonchev–Trinajstić information content (AvgIpc) is 2.61. The minimum absolute atomic E-state index is 0.0216. The zero-order valence-electron chi connectivity index (χ0n) is 12.7. The topological polar surface area (TPSA) is 20.2 Å². The van der Waals surface area contributed by atoms with E-state index in [4.69, 9.17) is 0 Å². The van der Waals surface area contributed by atoms with Gasteiger partial charge in [0.2, 0.25) is 0 Å². The summed E-state index contributed by atoms with van der Waals surface area (Å²) < 4.78 is 0. The second kappa shape index (κ2) is 6.16. The SMILES string of the molecule is CC1CCC(C2CCCC3CC(O)CCC3C2)CC1. The van der Waals surface area contributed by atoms with Gasteiger partial charge in [-0.2, -0.15) is 0 Å². The first kappa shape index (κ1) is 13.9. The van der Waals surface area contributed by atoms with Crippen molar-refractivity contribution in [3.05, 3.63) is 0 Å². The van der Waals surface area contributed by atoms with E-state index in [1.54, 1.807) is 0 Å². The first-order chi connectivity index (χ1) is 9.22. The van der Waals surface area contributed by atoms with E-state index in [9.17, 15) is 5.11 Å². The molecule has 0 spiro atoms. The smallest absolute Gasteiger partial charge is 0.0543 e. The summed E-state index contributed by atoms with van der Waals surface area (Å²) in [6, 6.07) is 0. The lowest BCUT2D eigenvalue weighted by atomic mass is 9.69. The molecule has 1 heteroatoms. The summed E-state index contributed by atoms with van der Waals surface area (Å²) in [5.74, 6) is 4.87. The van der Waals surface area contributed by atoms with Crippen LogP contribution >= 0.6 is 0 Å². The maximum Gasteiger partial charge on any atom is 0.0543 e. The van der Waals surface area contributed by atoms with E-state index in [1.165, 1.54) is 57.8 Å². The summed E-state index contributed by atoms with van der Waals surface area (Å²) >= 11 is 0. The number of aliphatic hydroxyl groups is 1. The Morgan fingerprint density at radius 1 is 0.632 bits per heavy atom. The van der Waals surface area contributed by atoms with Crippen LogP contribution in [0.1, 0.15) is 77.6 Å². The molecule has 3 saturated carbocycles. The van der Waals surface area contributed by atoms with Crippen molar-refractivity contribution >= 4 is 0 Å². The summed E-state index contributed by atoms with van der Waals surface area (Å²) in [5.41, 5.74) is 0. The van der Waals surface area contributed by atoms with E-state index < -0.39 is 0 Å². The Balaban J connectivity index is 1.58. The van der Waals surface area contributed by atoms with Crippen molar-refractivity contribution in [3.63, 3.8) is 0 Å². The Hall–Kier alpha value is -0.0400. The summed E-state index contributed by atoms with van der Waals surface area (Å²) in [6.07, 6.45) is 15.3. The molecule has 0 saturated heterocycles. The Kier molecular flexibility index (Phi) is 4.51. The van der Waals surface area contributed by atoms with E-state index in [-0.39, 0.29) is 6.10 Å². The first-order valence-corrected chi connectivity index (χ1v) is 8.90. The molecule has 3 rings (SSSR count). The van der Waals surface area contributed by atoms with E-state index in [1.807, 2.05) is 0 Å². The zero-order chi connectivity index (χ0) is 13.2. The molecule has 110 valence electrons. The molecule has 0 aromatic rings. The van der Waals surface area contributed by atoms with E-state index in [0.717, 1.165) is 42.4 Å². The summed E-state index contributed by atoms with van der Waals surface area (Å²) in [7, 11) is 0. The molecule has 0 aromatic carbocycles. The van der Waals surface area contributed by atoms with Crippen molar-refractivity contribution in [2.75, 3.05) is 0 Å². The van der Waals surface area contributed by atoms with Crippen LogP contribution < -0.4 is 0 Å². The largest absolute Gasteiger partial charge is 0.393 e. The van der Waals surface area contributed by atoms with E-state index in [0.29, 0.717) is 0 Å². The van der Waals surface area contributed by atoms with Gasteiger partial charge in [-0.1, -0.05) is 39.0 Å². The third-order valence-electron chi connectivity index (χ3n) is 6.59. The van der Waals surface area contributed by atoms with Crippen LogP contribution in [-0.2, 0) is 0 Å². The highest BCUT2D eigenvalue weighted by atomic mass is 16.3. The lowest BCUT2D eigenvalue weighted by Crippen LogP contribution is -2.29. The van der Waals surface area contributed by atoms with Crippen molar-refractivity contribution in [1.82, 2.24) is 0 Å². The normalized spacial score (nSPS) is 48.3. The molecule has 0 bridgehead atoms. The summed E-state index contributed by atoms with van der Waals surface area (Å²) in [6.45, 7) is 2.43. The Bertz CT molecular complexity index is 279. The van der Waals surface area contributed by atoms with Gasteiger partial charge in [0.15, 0.2) is 0 Å². The molecule has 1 nitrogen and oxygen atoms in total. The highest BCUT2D eigenvalue weighted by Gasteiger charge is 2.36. The third-order valence-corrected chi connectivity index (χ3v) is 6.59. The minimum Gasteiger partial charge on any atom is -0.393 e. The predicted molar refractivity (Wildman–Crippen MR) is 79.9 cm³/mol. The number of aliphatic hydroxyl groups excluding tert-OH is 1. The van der Waals surface area contributed by atoms with Crippen molar-refractivity contribution in [1.29, 1.82) is 0 Å². The van der Waals surface area contributed by atoms with Gasteiger partial charge in [-0.05, 0) is 68.1 Å². The van der Waals surface area contributed by atoms with Gasteiger partial charge in [-0.15, -0.1) is 0 Å². The molecule has 4 atom stereocenters. The lowest BCUT2D eigenvalue weighted by Gasteiger charge is -2.37. The fraction of sp³-hybridized carbons (Fsp3) is 1.00. The predicted octanol–water partition coefficient (Wildman–Crippen LogP) is 4.78. The monoisotopic (exact) mass is 264 g/mol. The average molecular weight is 264 g/mol. The van der Waals surface area contributed by atoms with Crippen LogP contribution in [0.5, 0.6) is 0 Å². The van der Waals surface area contributed by atoms with Crippen LogP contribution in [0.2, 0.25) is 0 Å². The maximum absolute atomic E-state index is 9.88. The highest BCUT2D eigenvalue weighted by molar-refractivity contribution is 4.87. The maximum atomic E-state index is 9.88. The van der Waals surface area contributed by atoms with Gasteiger partial charge in [0.1, 0.15) is 0 Å². The van der Waals surface area contributed by atoms with Gasteiger partial charge in [-0.3, -0.25) is 0 Å². The summed E-state index contributed by atoms with van der Waals surface area (Å²) in [4.78, 5) is 0. The Morgan fingerprint density at radius 3 is 1.95 bits per heavy atom. The van der Waals surface area contributed by atoms with Gasteiger partial charge in [0, 0.05) is 0 Å². The molecule has 0 heterocycles. The van der Waals surface area contributed by atoms with Gasteiger partial charge < -0.3 is 5.11 Å². The quantitative estimate of drug-likeness (QED) is 0.722. The molecule has 0 amide bonds. The number of rotatable bonds is 1. The lowest BCUT2D eigenvalue weighted by molar-refractivity contribution is 0.0577. The van der Waals surface area contributed by atoms with Crippen LogP contribution in [0.15, 0.2) is 0 Å². The van der Waals surface area contributed by atoms with Crippen molar-refractivity contribution in [2.24, 2.45) is 29.6 Å². The van der Waals surface area contributed by atoms with E-state index >= 15 is 0 Å². The molecule has 0 radical (unpaired) electrons. The standard InChI is InChI=1S/C18H32O/c1-13-5-7-14(8-6-13)15-3-2-4-16-12-18(19)10-9-17(16)11-15/h13-19H,2-12H2,1H3. The molecule has 0 aliphatic heterocycles. The molecular weight excluding hydrogens is 232 g/mol. The van der Waals surface area contributed by atoms with Gasteiger partial charge in [0.05, 0.1) is 6.10 Å². The van der Waals surface area contributed by atoms with Crippen molar-refractivity contribution < 1.29 is 5.11 Å². The summed E-state index contributed by atoms with van der Waals surface area (Å²) in [5, 5.41) is 9.88. The molecule has 4 unspecified atom stereocenters. The molecule has 3 aliphatic rings. The van der Waals surface area contributed by atoms with Crippen LogP contribution in [0.25, 0.3) is 0 Å². The zero-order valence-corrected chi connectivity index (χ0v) is 12.7. The molecule has 19 heavy (non-hydrogen) atoms. The molecular formula is C18H32O. The minimum atomic E-state index is 0.0216. The van der Waals surface area contributed by atoms with E-state index in [2.05, 4.69) is 6.92 Å². The Morgan fingerprint density at radius 2 is 1.21 bits per heavy atom. The number of fused-ring (bicyclic) bond motifs is 1. The van der Waals surface area contributed by atoms with Crippen LogP contribution in [0.3, 0.4) is 0 Å². The molecule has 3 aliphatic carbocycles. The van der Waals surface area contributed by atoms with Gasteiger partial charge in [0.25, 0.3) is 0 Å². The first-order valence-electron chi connectivity index (χ1n) is 8.90. The molecule has 0 aromatic heterocycles. The second-order valence-corrected chi connectivity index (χ2v) is 7.93. The fourth-order valence-electron chi connectivity index (χ4n) is 5.30. The molecule has 3 fully saturated rings. The van der Waals surface area contributed by atoms with Crippen LogP contribution in [-0.4, -0.2) is 11.2 Å². The Labute approximate surface area is 119 Å². The van der Waals surface area contributed by atoms with Gasteiger partial charge >= 0.3 is 0 Å². The van der Waals surface area contributed by atoms with Crippen LogP contribution in [0, 0.1) is 29.6 Å². The fourth-order valence-corrected chi connectivity index (χ4v) is 5.30. The number of hydrogen-bond donors (Lipinski definition) is 1.